The van der Waals surface area contributed by atoms with Gasteiger partial charge in [-0.05, 0) is 24.7 Å². The van der Waals surface area contributed by atoms with Gasteiger partial charge in [-0.25, -0.2) is 0 Å². The van der Waals surface area contributed by atoms with Gasteiger partial charge in [0.05, 0.1) is 6.54 Å². The Balaban J connectivity index is 1.98. The van der Waals surface area contributed by atoms with Crippen LogP contribution in [0.1, 0.15) is 59.4 Å². The monoisotopic (exact) mass is 309 g/mol. The smallest absolute Gasteiger partial charge is 0.246 e. The first-order valence-corrected chi connectivity index (χ1v) is 7.82. The molecule has 22 heavy (non-hydrogen) atoms. The third kappa shape index (κ3) is 2.76. The Kier molecular flexibility index (Phi) is 4.35. The minimum atomic E-state index is -0.204. The summed E-state index contributed by atoms with van der Waals surface area (Å²) in [6, 6.07) is 0. The Hall–Kier alpha value is -1.43. The van der Waals surface area contributed by atoms with E-state index in [1.165, 1.54) is 0 Å². The minimum Gasteiger partial charge on any atom is -0.371 e. The number of rotatable bonds is 6. The maximum Gasteiger partial charge on any atom is 0.246 e. The van der Waals surface area contributed by atoms with Crippen LogP contribution in [0.25, 0.3) is 0 Å². The van der Waals surface area contributed by atoms with Crippen molar-refractivity contribution in [3.8, 4) is 0 Å². The topological polar surface area (TPSA) is 68.5 Å². The molecule has 6 heteroatoms. The fourth-order valence-electron chi connectivity index (χ4n) is 3.14. The van der Waals surface area contributed by atoms with Crippen LogP contribution < -0.4 is 0 Å². The van der Waals surface area contributed by atoms with Gasteiger partial charge in [-0.1, -0.05) is 32.9 Å². The zero-order valence-corrected chi connectivity index (χ0v) is 14.6. The van der Waals surface area contributed by atoms with Crippen molar-refractivity contribution >= 4 is 5.91 Å². The predicted molar refractivity (Wildman–Crippen MR) is 81.9 cm³/mol. The lowest BCUT2D eigenvalue weighted by Crippen LogP contribution is -2.29. The molecule has 0 aromatic carbocycles. The molecule has 1 aromatic rings. The van der Waals surface area contributed by atoms with E-state index in [1.807, 2.05) is 13.8 Å². The van der Waals surface area contributed by atoms with Crippen LogP contribution in [0.5, 0.6) is 0 Å². The van der Waals surface area contributed by atoms with Gasteiger partial charge in [0.25, 0.3) is 0 Å². The molecule has 0 N–H and O–H groups in total. The molecule has 6 nitrogen and oxygen atoms in total. The van der Waals surface area contributed by atoms with Crippen molar-refractivity contribution in [2.45, 2.75) is 54.2 Å². The summed E-state index contributed by atoms with van der Waals surface area (Å²) in [5, 5.41) is 3.92. The molecule has 0 unspecified atom stereocenters. The zero-order valence-electron chi connectivity index (χ0n) is 14.6. The second-order valence-electron chi connectivity index (χ2n) is 7.21. The molecule has 0 saturated heterocycles. The lowest BCUT2D eigenvalue weighted by Gasteiger charge is -2.16. The van der Waals surface area contributed by atoms with Crippen molar-refractivity contribution < 1.29 is 14.1 Å². The fourth-order valence-corrected chi connectivity index (χ4v) is 3.14. The molecule has 1 atom stereocenters. The van der Waals surface area contributed by atoms with E-state index in [9.17, 15) is 4.79 Å². The van der Waals surface area contributed by atoms with Gasteiger partial charge in [0.1, 0.15) is 6.10 Å². The molecule has 1 heterocycles. The van der Waals surface area contributed by atoms with Gasteiger partial charge in [0.15, 0.2) is 5.82 Å². The van der Waals surface area contributed by atoms with Gasteiger partial charge in [-0.3, -0.25) is 4.79 Å². The highest BCUT2D eigenvalue weighted by atomic mass is 16.5. The van der Waals surface area contributed by atoms with Crippen LogP contribution in [0.2, 0.25) is 0 Å². The summed E-state index contributed by atoms with van der Waals surface area (Å²) >= 11 is 0. The fraction of sp³-hybridized carbons (Fsp3) is 0.812. The molecule has 1 aromatic heterocycles. The molecule has 0 radical (unpaired) electrons. The number of nitrogens with zero attached hydrogens (tertiary/aromatic N) is 3. The second-order valence-corrected chi connectivity index (χ2v) is 7.21. The summed E-state index contributed by atoms with van der Waals surface area (Å²) in [7, 11) is 1.78. The average Bonchev–Trinajstić information content (AvgIpc) is 2.77. The summed E-state index contributed by atoms with van der Waals surface area (Å²) in [6.45, 7) is 13.3. The van der Waals surface area contributed by atoms with Gasteiger partial charge in [0.2, 0.25) is 11.8 Å². The number of amides is 1. The highest BCUT2D eigenvalue weighted by molar-refractivity contribution is 5.83. The molecule has 124 valence electrons. The molecule has 0 spiro atoms. The Morgan fingerprint density at radius 1 is 1.36 bits per heavy atom. The van der Waals surface area contributed by atoms with E-state index in [4.69, 9.17) is 9.26 Å². The van der Waals surface area contributed by atoms with Crippen molar-refractivity contribution in [3.63, 3.8) is 0 Å². The Morgan fingerprint density at radius 3 is 2.45 bits per heavy atom. The molecule has 1 fully saturated rings. The number of hydrogen-bond donors (Lipinski definition) is 0. The lowest BCUT2D eigenvalue weighted by atomic mass is 10.0. The van der Waals surface area contributed by atoms with Crippen molar-refractivity contribution in [2.75, 3.05) is 13.7 Å². The maximum absolute atomic E-state index is 12.6. The van der Waals surface area contributed by atoms with E-state index in [0.29, 0.717) is 24.9 Å². The first-order valence-electron chi connectivity index (χ1n) is 7.82. The molecule has 1 amide bonds. The van der Waals surface area contributed by atoms with Gasteiger partial charge >= 0.3 is 0 Å². The first-order chi connectivity index (χ1) is 10.1. The highest BCUT2D eigenvalue weighted by Gasteiger charge is 2.68. The van der Waals surface area contributed by atoms with E-state index in [1.54, 1.807) is 11.9 Å². The molecule has 1 saturated carbocycles. The highest BCUT2D eigenvalue weighted by Crippen LogP contribution is 2.68. The lowest BCUT2D eigenvalue weighted by molar-refractivity contribution is -0.133. The first kappa shape index (κ1) is 16.9. The summed E-state index contributed by atoms with van der Waals surface area (Å²) in [4.78, 5) is 18.6. The number of carbonyl (C=O) groups excluding carboxylic acids is 1. The molecular formula is C16H27N3O3. The summed E-state index contributed by atoms with van der Waals surface area (Å²) < 4.78 is 10.7. The van der Waals surface area contributed by atoms with E-state index in [2.05, 4.69) is 37.8 Å². The molecule has 0 bridgehead atoms. The van der Waals surface area contributed by atoms with Crippen LogP contribution in [-0.4, -0.2) is 34.6 Å². The van der Waals surface area contributed by atoms with Gasteiger partial charge < -0.3 is 14.2 Å². The van der Waals surface area contributed by atoms with E-state index in [-0.39, 0.29) is 28.8 Å². The Bertz CT molecular complexity index is 537. The quantitative estimate of drug-likeness (QED) is 0.808. The standard InChI is InChI=1S/C16H27N3O3/c1-8-21-10(2)13-17-11(22-18-13)9-19(7)14(20)12-15(3,4)16(12,5)6/h10,12H,8-9H2,1-7H3/t10-/m1/s1. The summed E-state index contributed by atoms with van der Waals surface area (Å²) in [5.41, 5.74) is 0.0592. The minimum absolute atomic E-state index is 0.0296. The van der Waals surface area contributed by atoms with Gasteiger partial charge in [-0.2, -0.15) is 4.98 Å². The largest absolute Gasteiger partial charge is 0.371 e. The molecular weight excluding hydrogens is 282 g/mol. The van der Waals surface area contributed by atoms with Crippen LogP contribution in [0, 0.1) is 16.7 Å². The molecule has 0 aliphatic heterocycles. The summed E-state index contributed by atoms with van der Waals surface area (Å²) in [6.07, 6.45) is -0.204. The maximum atomic E-state index is 12.6. The van der Waals surface area contributed by atoms with E-state index in [0.717, 1.165) is 0 Å². The van der Waals surface area contributed by atoms with Crippen LogP contribution in [0.4, 0.5) is 0 Å². The third-order valence-electron chi connectivity index (χ3n) is 5.28. The number of ether oxygens (including phenoxy) is 1. The van der Waals surface area contributed by atoms with Gasteiger partial charge in [-0.15, -0.1) is 0 Å². The zero-order chi connectivity index (χ0) is 16.7. The Morgan fingerprint density at radius 2 is 1.95 bits per heavy atom. The normalized spacial score (nSPS) is 20.7. The van der Waals surface area contributed by atoms with Crippen molar-refractivity contribution in [1.29, 1.82) is 0 Å². The average molecular weight is 309 g/mol. The Labute approximate surface area is 132 Å². The van der Waals surface area contributed by atoms with Gasteiger partial charge in [0, 0.05) is 19.6 Å². The van der Waals surface area contributed by atoms with E-state index < -0.39 is 0 Å². The predicted octanol–water partition coefficient (Wildman–Crippen LogP) is 2.81. The molecule has 1 aliphatic rings. The van der Waals surface area contributed by atoms with Crippen molar-refractivity contribution in [1.82, 2.24) is 15.0 Å². The number of aromatic nitrogens is 2. The summed E-state index contributed by atoms with van der Waals surface area (Å²) in [5.74, 6) is 1.13. The molecule has 1 aliphatic carbocycles. The second kappa shape index (κ2) is 5.65. The van der Waals surface area contributed by atoms with Crippen LogP contribution in [-0.2, 0) is 16.1 Å². The number of carbonyl (C=O) groups is 1. The van der Waals surface area contributed by atoms with Crippen molar-refractivity contribution in [2.24, 2.45) is 16.7 Å². The van der Waals surface area contributed by atoms with E-state index >= 15 is 0 Å². The van der Waals surface area contributed by atoms with Crippen LogP contribution >= 0.6 is 0 Å². The molecule has 2 rings (SSSR count). The third-order valence-corrected chi connectivity index (χ3v) is 5.28. The number of hydrogen-bond acceptors (Lipinski definition) is 5. The van der Waals surface area contributed by atoms with Crippen LogP contribution in [0.3, 0.4) is 0 Å². The van der Waals surface area contributed by atoms with Crippen molar-refractivity contribution in [3.05, 3.63) is 11.7 Å². The van der Waals surface area contributed by atoms with Crippen LogP contribution in [0.15, 0.2) is 4.52 Å². The SMILES string of the molecule is CCO[C@H](C)c1noc(CN(C)C(=O)C2C(C)(C)C2(C)C)n1.